The van der Waals surface area contributed by atoms with Gasteiger partial charge in [-0.05, 0) is 47.5 Å². The minimum absolute atomic E-state index is 0.175. The summed E-state index contributed by atoms with van der Waals surface area (Å²) in [5.41, 5.74) is 7.83. The molecule has 0 amide bonds. The van der Waals surface area contributed by atoms with Crippen molar-refractivity contribution in [1.29, 1.82) is 0 Å². The highest BCUT2D eigenvalue weighted by molar-refractivity contribution is 6.31. The third kappa shape index (κ3) is 4.18. The number of rotatable bonds is 5. The Kier molecular flexibility index (Phi) is 4.77. The van der Waals surface area contributed by atoms with Crippen molar-refractivity contribution in [2.75, 3.05) is 5.32 Å². The maximum absolute atomic E-state index is 13.4. The van der Waals surface area contributed by atoms with Gasteiger partial charge in [0.25, 0.3) is 0 Å². The predicted molar refractivity (Wildman–Crippen MR) is 80.4 cm³/mol. The molecule has 2 rings (SSSR count). The van der Waals surface area contributed by atoms with Gasteiger partial charge in [-0.3, -0.25) is 4.79 Å². The summed E-state index contributed by atoms with van der Waals surface area (Å²) in [7, 11) is 0. The van der Waals surface area contributed by atoms with Crippen molar-refractivity contribution in [2.45, 2.75) is 13.0 Å². The number of halogens is 2. The van der Waals surface area contributed by atoms with Crippen LogP contribution in [0.2, 0.25) is 5.02 Å². The number of hydrogen-bond acceptors (Lipinski definition) is 3. The summed E-state index contributed by atoms with van der Waals surface area (Å²) in [4.78, 5) is 10.8. The Labute approximate surface area is 126 Å². The second kappa shape index (κ2) is 6.56. The number of aliphatic carboxylic acids is 1. The summed E-state index contributed by atoms with van der Waals surface area (Å²) >= 11 is 5.95. The highest BCUT2D eigenvalue weighted by Gasteiger charge is 2.07. The molecular weight excluding hydrogens is 295 g/mol. The van der Waals surface area contributed by atoms with Crippen LogP contribution >= 0.6 is 11.6 Å². The number of benzene rings is 2. The minimum atomic E-state index is -0.967. The lowest BCUT2D eigenvalue weighted by atomic mass is 10.1. The summed E-state index contributed by atoms with van der Waals surface area (Å²) in [5.74, 6) is -1.36. The van der Waals surface area contributed by atoms with E-state index in [0.717, 1.165) is 0 Å². The van der Waals surface area contributed by atoms with Crippen LogP contribution in [-0.2, 0) is 17.8 Å². The predicted octanol–water partition coefficient (Wildman–Crippen LogP) is 3.31. The normalized spacial score (nSPS) is 10.4. The molecule has 0 radical (unpaired) electrons. The number of carbonyl (C=O) groups is 1. The first kappa shape index (κ1) is 15.3. The SMILES string of the molecule is NCc1cc(F)cc(Nc2ccc(Cl)c(CC(=O)O)c2)c1. The molecule has 0 bridgehead atoms. The van der Waals surface area contributed by atoms with Crippen molar-refractivity contribution in [3.8, 4) is 0 Å². The summed E-state index contributed by atoms with van der Waals surface area (Å²) in [6.07, 6.45) is -0.175. The highest BCUT2D eigenvalue weighted by atomic mass is 35.5. The molecule has 0 aliphatic heterocycles. The molecule has 0 aliphatic carbocycles. The summed E-state index contributed by atoms with van der Waals surface area (Å²) in [6.45, 7) is 0.233. The van der Waals surface area contributed by atoms with Gasteiger partial charge < -0.3 is 16.2 Å². The smallest absolute Gasteiger partial charge is 0.307 e. The van der Waals surface area contributed by atoms with Crippen LogP contribution in [-0.4, -0.2) is 11.1 Å². The first-order valence-corrected chi connectivity index (χ1v) is 6.62. The van der Waals surface area contributed by atoms with Crippen molar-refractivity contribution < 1.29 is 14.3 Å². The number of carboxylic acids is 1. The Morgan fingerprint density at radius 3 is 2.67 bits per heavy atom. The van der Waals surface area contributed by atoms with E-state index in [-0.39, 0.29) is 18.8 Å². The van der Waals surface area contributed by atoms with E-state index in [2.05, 4.69) is 5.32 Å². The fourth-order valence-electron chi connectivity index (χ4n) is 1.96. The molecule has 0 spiro atoms. The van der Waals surface area contributed by atoms with Gasteiger partial charge in [-0.15, -0.1) is 0 Å². The van der Waals surface area contributed by atoms with Crippen LogP contribution < -0.4 is 11.1 Å². The molecule has 4 nitrogen and oxygen atoms in total. The van der Waals surface area contributed by atoms with Crippen molar-refractivity contribution >= 4 is 28.9 Å². The van der Waals surface area contributed by atoms with E-state index in [1.54, 1.807) is 24.3 Å². The van der Waals surface area contributed by atoms with E-state index in [4.69, 9.17) is 22.4 Å². The Balaban J connectivity index is 2.27. The van der Waals surface area contributed by atoms with Gasteiger partial charge >= 0.3 is 5.97 Å². The first-order chi connectivity index (χ1) is 9.97. The van der Waals surface area contributed by atoms with Gasteiger partial charge in [0, 0.05) is 22.9 Å². The van der Waals surface area contributed by atoms with E-state index in [1.807, 2.05) is 0 Å². The summed E-state index contributed by atoms with van der Waals surface area (Å²) in [5, 5.41) is 12.2. The molecule has 110 valence electrons. The zero-order valence-electron chi connectivity index (χ0n) is 11.1. The third-order valence-electron chi connectivity index (χ3n) is 2.87. The van der Waals surface area contributed by atoms with Gasteiger partial charge in [0.05, 0.1) is 6.42 Å². The Morgan fingerprint density at radius 1 is 1.24 bits per heavy atom. The number of carboxylic acid groups (broad SMARTS) is 1. The van der Waals surface area contributed by atoms with Crippen LogP contribution in [0.1, 0.15) is 11.1 Å². The van der Waals surface area contributed by atoms with Crippen LogP contribution in [0.5, 0.6) is 0 Å². The summed E-state index contributed by atoms with van der Waals surface area (Å²) in [6, 6.07) is 9.36. The van der Waals surface area contributed by atoms with Crippen LogP contribution in [0.4, 0.5) is 15.8 Å². The molecule has 0 saturated carbocycles. The largest absolute Gasteiger partial charge is 0.481 e. The van der Waals surface area contributed by atoms with E-state index in [0.29, 0.717) is 27.5 Å². The Morgan fingerprint density at radius 2 is 2.00 bits per heavy atom. The lowest BCUT2D eigenvalue weighted by Crippen LogP contribution is -2.02. The van der Waals surface area contributed by atoms with E-state index in [9.17, 15) is 9.18 Å². The lowest BCUT2D eigenvalue weighted by Gasteiger charge is -2.10. The Hall–Kier alpha value is -2.11. The Bertz CT molecular complexity index is 677. The van der Waals surface area contributed by atoms with Crippen LogP contribution in [0.3, 0.4) is 0 Å². The van der Waals surface area contributed by atoms with Crippen LogP contribution in [0.15, 0.2) is 36.4 Å². The fraction of sp³-hybridized carbons (Fsp3) is 0.133. The lowest BCUT2D eigenvalue weighted by molar-refractivity contribution is -0.136. The van der Waals surface area contributed by atoms with Crippen molar-refractivity contribution in [3.63, 3.8) is 0 Å². The fourth-order valence-corrected chi connectivity index (χ4v) is 2.14. The first-order valence-electron chi connectivity index (χ1n) is 6.24. The van der Waals surface area contributed by atoms with Crippen molar-refractivity contribution in [2.24, 2.45) is 5.73 Å². The quantitative estimate of drug-likeness (QED) is 0.792. The molecule has 6 heteroatoms. The molecule has 2 aromatic carbocycles. The minimum Gasteiger partial charge on any atom is -0.481 e. The summed E-state index contributed by atoms with van der Waals surface area (Å²) < 4.78 is 13.4. The van der Waals surface area contributed by atoms with E-state index < -0.39 is 5.97 Å². The molecule has 2 aromatic rings. The molecule has 0 fully saturated rings. The van der Waals surface area contributed by atoms with Gasteiger partial charge in [-0.25, -0.2) is 4.39 Å². The topological polar surface area (TPSA) is 75.3 Å². The number of nitrogens with one attached hydrogen (secondary N) is 1. The maximum atomic E-state index is 13.4. The molecule has 4 N–H and O–H groups in total. The molecule has 0 saturated heterocycles. The molecule has 0 atom stereocenters. The molecule has 0 aliphatic rings. The third-order valence-corrected chi connectivity index (χ3v) is 3.24. The highest BCUT2D eigenvalue weighted by Crippen LogP contribution is 2.25. The molecule has 21 heavy (non-hydrogen) atoms. The molecule has 0 aromatic heterocycles. The molecule has 0 unspecified atom stereocenters. The maximum Gasteiger partial charge on any atom is 0.307 e. The van der Waals surface area contributed by atoms with Gasteiger partial charge in [-0.2, -0.15) is 0 Å². The van der Waals surface area contributed by atoms with Gasteiger partial charge in [-0.1, -0.05) is 11.6 Å². The second-order valence-electron chi connectivity index (χ2n) is 4.55. The zero-order chi connectivity index (χ0) is 15.4. The van der Waals surface area contributed by atoms with E-state index >= 15 is 0 Å². The number of hydrogen-bond donors (Lipinski definition) is 3. The van der Waals surface area contributed by atoms with Gasteiger partial charge in [0.15, 0.2) is 0 Å². The molecule has 0 heterocycles. The van der Waals surface area contributed by atoms with Crippen molar-refractivity contribution in [1.82, 2.24) is 0 Å². The average molecular weight is 309 g/mol. The van der Waals surface area contributed by atoms with Crippen LogP contribution in [0.25, 0.3) is 0 Å². The monoisotopic (exact) mass is 308 g/mol. The zero-order valence-corrected chi connectivity index (χ0v) is 11.8. The average Bonchev–Trinajstić information content (AvgIpc) is 2.41. The second-order valence-corrected chi connectivity index (χ2v) is 4.96. The van der Waals surface area contributed by atoms with Gasteiger partial charge in [0.1, 0.15) is 5.82 Å². The molecular formula is C15H14ClFN2O2. The standard InChI is InChI=1S/C15H14ClFN2O2/c16-14-2-1-12(5-10(14)6-15(20)21)19-13-4-9(8-18)3-11(17)7-13/h1-5,7,19H,6,8,18H2,(H,20,21). The van der Waals surface area contributed by atoms with Crippen LogP contribution in [0, 0.1) is 5.82 Å². The number of nitrogens with two attached hydrogens (primary N) is 1. The number of anilines is 2. The van der Waals surface area contributed by atoms with E-state index in [1.165, 1.54) is 12.1 Å². The van der Waals surface area contributed by atoms with Crippen molar-refractivity contribution in [3.05, 3.63) is 58.4 Å². The van der Waals surface area contributed by atoms with Gasteiger partial charge in [0.2, 0.25) is 0 Å².